The van der Waals surface area contributed by atoms with Crippen molar-refractivity contribution in [3.05, 3.63) is 52.0 Å². The molecule has 2 aromatic carbocycles. The molecule has 0 aromatic heterocycles. The number of hydrogen-bond acceptors (Lipinski definition) is 3. The van der Waals surface area contributed by atoms with Gasteiger partial charge in [-0.05, 0) is 36.4 Å². The first-order chi connectivity index (χ1) is 10.4. The van der Waals surface area contributed by atoms with Crippen LogP contribution in [-0.2, 0) is 4.79 Å². The summed E-state index contributed by atoms with van der Waals surface area (Å²) in [6, 6.07) is 9.17. The standard InChI is InChI=1S/C15H12Cl2N2O3/c1-8(20)18-10-4-2-9(3-5-10)15(22)19-11-6-12(16)14(21)13(17)7-11/h2-7,21H,1H3,(H,18,20)(H,19,22). The van der Waals surface area contributed by atoms with Crippen LogP contribution in [0.15, 0.2) is 36.4 Å². The van der Waals surface area contributed by atoms with Crippen molar-refractivity contribution in [3.63, 3.8) is 0 Å². The van der Waals surface area contributed by atoms with Crippen molar-refractivity contribution in [1.29, 1.82) is 0 Å². The van der Waals surface area contributed by atoms with Gasteiger partial charge in [0, 0.05) is 23.9 Å². The zero-order valence-electron chi connectivity index (χ0n) is 11.5. The van der Waals surface area contributed by atoms with Crippen molar-refractivity contribution in [2.45, 2.75) is 6.92 Å². The van der Waals surface area contributed by atoms with Crippen LogP contribution < -0.4 is 10.6 Å². The fourth-order valence-corrected chi connectivity index (χ4v) is 2.24. The van der Waals surface area contributed by atoms with Gasteiger partial charge in [-0.3, -0.25) is 9.59 Å². The van der Waals surface area contributed by atoms with Crippen LogP contribution in [0.3, 0.4) is 0 Å². The van der Waals surface area contributed by atoms with E-state index in [1.54, 1.807) is 24.3 Å². The van der Waals surface area contributed by atoms with Gasteiger partial charge >= 0.3 is 0 Å². The van der Waals surface area contributed by atoms with Gasteiger partial charge in [0.15, 0.2) is 5.75 Å². The van der Waals surface area contributed by atoms with Crippen molar-refractivity contribution >= 4 is 46.4 Å². The summed E-state index contributed by atoms with van der Waals surface area (Å²) < 4.78 is 0. The molecule has 22 heavy (non-hydrogen) atoms. The normalized spacial score (nSPS) is 10.1. The van der Waals surface area contributed by atoms with Crippen LogP contribution in [0.1, 0.15) is 17.3 Å². The predicted octanol–water partition coefficient (Wildman–Crippen LogP) is 3.91. The van der Waals surface area contributed by atoms with Crippen molar-refractivity contribution in [1.82, 2.24) is 0 Å². The summed E-state index contributed by atoms with van der Waals surface area (Å²) >= 11 is 11.6. The summed E-state index contributed by atoms with van der Waals surface area (Å²) in [5.41, 5.74) is 1.36. The van der Waals surface area contributed by atoms with Crippen molar-refractivity contribution in [2.75, 3.05) is 10.6 Å². The largest absolute Gasteiger partial charge is 0.505 e. The lowest BCUT2D eigenvalue weighted by Gasteiger charge is -2.08. The Hall–Kier alpha value is -2.24. The van der Waals surface area contributed by atoms with Crippen LogP contribution in [0.25, 0.3) is 0 Å². The molecule has 0 radical (unpaired) electrons. The van der Waals surface area contributed by atoms with Crippen LogP contribution in [-0.4, -0.2) is 16.9 Å². The number of hydrogen-bond donors (Lipinski definition) is 3. The van der Waals surface area contributed by atoms with Gasteiger partial charge in [0.2, 0.25) is 5.91 Å². The highest BCUT2D eigenvalue weighted by Crippen LogP contribution is 2.34. The number of phenolic OH excluding ortho intramolecular Hbond substituents is 1. The molecule has 0 bridgehead atoms. The van der Waals surface area contributed by atoms with Crippen molar-refractivity contribution < 1.29 is 14.7 Å². The third-order valence-corrected chi connectivity index (χ3v) is 3.32. The first kappa shape index (κ1) is 16.1. The van der Waals surface area contributed by atoms with Gasteiger partial charge in [-0.1, -0.05) is 23.2 Å². The quantitative estimate of drug-likeness (QED) is 0.742. The van der Waals surface area contributed by atoms with Crippen LogP contribution >= 0.6 is 23.2 Å². The average Bonchev–Trinajstić information content (AvgIpc) is 2.44. The maximum atomic E-state index is 12.1. The minimum Gasteiger partial charge on any atom is -0.505 e. The Morgan fingerprint density at radius 2 is 1.50 bits per heavy atom. The molecule has 0 heterocycles. The molecule has 0 spiro atoms. The number of anilines is 2. The van der Waals surface area contributed by atoms with Gasteiger partial charge in [-0.15, -0.1) is 0 Å². The molecule has 0 atom stereocenters. The van der Waals surface area contributed by atoms with E-state index in [4.69, 9.17) is 23.2 Å². The zero-order chi connectivity index (χ0) is 16.3. The Bertz CT molecular complexity index is 707. The second kappa shape index (κ2) is 6.68. The summed E-state index contributed by atoms with van der Waals surface area (Å²) in [7, 11) is 0. The second-order valence-electron chi connectivity index (χ2n) is 4.50. The minimum absolute atomic E-state index is 0.0452. The summed E-state index contributed by atoms with van der Waals surface area (Å²) in [6.07, 6.45) is 0. The van der Waals surface area contributed by atoms with E-state index in [1.165, 1.54) is 19.1 Å². The number of halogens is 2. The second-order valence-corrected chi connectivity index (χ2v) is 5.32. The van der Waals surface area contributed by atoms with Crippen molar-refractivity contribution in [3.8, 4) is 5.75 Å². The summed E-state index contributed by atoms with van der Waals surface area (Å²) in [5, 5.41) is 14.8. The lowest BCUT2D eigenvalue weighted by molar-refractivity contribution is -0.114. The van der Waals surface area contributed by atoms with Gasteiger partial charge in [-0.25, -0.2) is 0 Å². The Balaban J connectivity index is 2.14. The molecule has 0 unspecified atom stereocenters. The van der Waals surface area contributed by atoms with E-state index in [-0.39, 0.29) is 27.6 Å². The minimum atomic E-state index is -0.368. The molecule has 3 N–H and O–H groups in total. The van der Waals surface area contributed by atoms with Crippen LogP contribution in [0.2, 0.25) is 10.0 Å². The molecule has 0 aliphatic heterocycles. The molecule has 0 aliphatic rings. The number of rotatable bonds is 3. The molecule has 0 aliphatic carbocycles. The number of carbonyl (C=O) groups excluding carboxylic acids is 2. The highest BCUT2D eigenvalue weighted by Gasteiger charge is 2.10. The fourth-order valence-electron chi connectivity index (χ4n) is 1.75. The molecule has 114 valence electrons. The topological polar surface area (TPSA) is 78.4 Å². The first-order valence-electron chi connectivity index (χ1n) is 6.24. The number of phenols is 1. The summed E-state index contributed by atoms with van der Waals surface area (Å²) in [5.74, 6) is -0.793. The third-order valence-electron chi connectivity index (χ3n) is 2.74. The molecular formula is C15H12Cl2N2O3. The van der Waals surface area contributed by atoms with E-state index in [9.17, 15) is 14.7 Å². The van der Waals surface area contributed by atoms with E-state index < -0.39 is 0 Å². The Kier molecular flexibility index (Phi) is 4.90. The zero-order valence-corrected chi connectivity index (χ0v) is 13.0. The molecular weight excluding hydrogens is 327 g/mol. The molecule has 2 aromatic rings. The molecule has 7 heteroatoms. The van der Waals surface area contributed by atoms with E-state index in [2.05, 4.69) is 10.6 Å². The van der Waals surface area contributed by atoms with Gasteiger partial charge in [-0.2, -0.15) is 0 Å². The number of amides is 2. The van der Waals surface area contributed by atoms with Crippen LogP contribution in [0.5, 0.6) is 5.75 Å². The molecule has 0 saturated carbocycles. The van der Waals surface area contributed by atoms with E-state index in [1.807, 2.05) is 0 Å². The molecule has 0 saturated heterocycles. The average molecular weight is 339 g/mol. The first-order valence-corrected chi connectivity index (χ1v) is 6.99. The maximum Gasteiger partial charge on any atom is 0.255 e. The van der Waals surface area contributed by atoms with Crippen LogP contribution in [0.4, 0.5) is 11.4 Å². The van der Waals surface area contributed by atoms with Gasteiger partial charge < -0.3 is 15.7 Å². The fraction of sp³-hybridized carbons (Fsp3) is 0.0667. The number of carbonyl (C=O) groups is 2. The Morgan fingerprint density at radius 3 is 2.00 bits per heavy atom. The highest BCUT2D eigenvalue weighted by molar-refractivity contribution is 6.37. The molecule has 0 fully saturated rings. The smallest absolute Gasteiger partial charge is 0.255 e. The number of aromatic hydroxyl groups is 1. The van der Waals surface area contributed by atoms with E-state index in [0.29, 0.717) is 16.9 Å². The highest BCUT2D eigenvalue weighted by atomic mass is 35.5. The van der Waals surface area contributed by atoms with Crippen LogP contribution in [0, 0.1) is 0 Å². The number of benzene rings is 2. The number of nitrogens with one attached hydrogen (secondary N) is 2. The van der Waals surface area contributed by atoms with E-state index in [0.717, 1.165) is 0 Å². The molecule has 5 nitrogen and oxygen atoms in total. The predicted molar refractivity (Wildman–Crippen MR) is 86.8 cm³/mol. The third kappa shape index (κ3) is 3.90. The lowest BCUT2D eigenvalue weighted by atomic mass is 10.2. The van der Waals surface area contributed by atoms with E-state index >= 15 is 0 Å². The molecule has 2 rings (SSSR count). The molecule has 2 amide bonds. The summed E-state index contributed by atoms with van der Waals surface area (Å²) in [6.45, 7) is 1.40. The van der Waals surface area contributed by atoms with Gasteiger partial charge in [0.25, 0.3) is 5.91 Å². The van der Waals surface area contributed by atoms with Gasteiger partial charge in [0.05, 0.1) is 10.0 Å². The Morgan fingerprint density at radius 1 is 0.955 bits per heavy atom. The summed E-state index contributed by atoms with van der Waals surface area (Å²) in [4.78, 5) is 23.0. The van der Waals surface area contributed by atoms with Crippen molar-refractivity contribution in [2.24, 2.45) is 0 Å². The maximum absolute atomic E-state index is 12.1. The van der Waals surface area contributed by atoms with Gasteiger partial charge in [0.1, 0.15) is 0 Å². The monoisotopic (exact) mass is 338 g/mol. The SMILES string of the molecule is CC(=O)Nc1ccc(C(=O)Nc2cc(Cl)c(O)c(Cl)c2)cc1. The Labute approximate surface area is 136 Å². The lowest BCUT2D eigenvalue weighted by Crippen LogP contribution is -2.12.